The molecule has 5 rings (SSSR count). The summed E-state index contributed by atoms with van der Waals surface area (Å²) in [6, 6.07) is 28.2. The SMILES string of the molecule is COc1cccc(/C=C(\NC(=O)c2ccccc2)C(=O)Nc2ccc(SC(C)C(=O)Nc3ccc4c(c3)OCO4)cc2)c1. The third-order valence-corrected chi connectivity index (χ3v) is 7.48. The van der Waals surface area contributed by atoms with Gasteiger partial charge in [0, 0.05) is 27.9 Å². The monoisotopic (exact) mass is 595 g/mol. The number of carbonyl (C=O) groups is 3. The molecule has 1 atom stereocenters. The predicted octanol–water partition coefficient (Wildman–Crippen LogP) is 5.95. The Bertz CT molecular complexity index is 1660. The van der Waals surface area contributed by atoms with E-state index in [-0.39, 0.29) is 18.4 Å². The summed E-state index contributed by atoms with van der Waals surface area (Å²) in [5.41, 5.74) is 2.31. The van der Waals surface area contributed by atoms with Crippen molar-refractivity contribution in [3.05, 3.63) is 114 Å². The molecule has 0 aromatic heterocycles. The number of hydrogen-bond acceptors (Lipinski definition) is 7. The van der Waals surface area contributed by atoms with E-state index in [9.17, 15) is 14.4 Å². The smallest absolute Gasteiger partial charge is 0.272 e. The highest BCUT2D eigenvalue weighted by molar-refractivity contribution is 8.00. The highest BCUT2D eigenvalue weighted by Crippen LogP contribution is 2.34. The first-order chi connectivity index (χ1) is 20.9. The van der Waals surface area contributed by atoms with Gasteiger partial charge in [0.15, 0.2) is 11.5 Å². The Labute approximate surface area is 253 Å². The largest absolute Gasteiger partial charge is 0.497 e. The maximum absolute atomic E-state index is 13.3. The van der Waals surface area contributed by atoms with E-state index in [4.69, 9.17) is 14.2 Å². The van der Waals surface area contributed by atoms with Crippen molar-refractivity contribution >= 4 is 46.9 Å². The normalized spacial score (nSPS) is 12.7. The lowest BCUT2D eigenvalue weighted by atomic mass is 10.1. The van der Waals surface area contributed by atoms with Gasteiger partial charge in [0.1, 0.15) is 11.4 Å². The van der Waals surface area contributed by atoms with Crippen LogP contribution in [0.25, 0.3) is 6.08 Å². The molecule has 218 valence electrons. The van der Waals surface area contributed by atoms with Crippen LogP contribution in [0.5, 0.6) is 17.2 Å². The molecule has 0 fully saturated rings. The second kappa shape index (κ2) is 13.6. The van der Waals surface area contributed by atoms with Crippen LogP contribution in [0.2, 0.25) is 0 Å². The molecule has 0 bridgehead atoms. The number of rotatable bonds is 10. The van der Waals surface area contributed by atoms with Crippen molar-refractivity contribution in [2.45, 2.75) is 17.1 Å². The molecule has 1 heterocycles. The van der Waals surface area contributed by atoms with E-state index in [0.29, 0.717) is 39.8 Å². The zero-order valence-corrected chi connectivity index (χ0v) is 24.3. The minimum Gasteiger partial charge on any atom is -0.497 e. The second-order valence-corrected chi connectivity index (χ2v) is 10.9. The Hall–Kier alpha value is -5.22. The van der Waals surface area contributed by atoms with Gasteiger partial charge in [-0.1, -0.05) is 30.3 Å². The fourth-order valence-corrected chi connectivity index (χ4v) is 5.00. The minimum atomic E-state index is -0.496. The third-order valence-electron chi connectivity index (χ3n) is 6.37. The van der Waals surface area contributed by atoms with E-state index in [1.54, 1.807) is 92.0 Å². The van der Waals surface area contributed by atoms with Crippen LogP contribution in [0.15, 0.2) is 108 Å². The zero-order chi connectivity index (χ0) is 30.2. The molecule has 10 heteroatoms. The van der Waals surface area contributed by atoms with E-state index in [2.05, 4.69) is 16.0 Å². The van der Waals surface area contributed by atoms with E-state index < -0.39 is 17.1 Å². The summed E-state index contributed by atoms with van der Waals surface area (Å²) in [6.07, 6.45) is 1.59. The van der Waals surface area contributed by atoms with Crippen LogP contribution >= 0.6 is 11.8 Å². The average molecular weight is 596 g/mol. The van der Waals surface area contributed by atoms with Gasteiger partial charge in [-0.3, -0.25) is 14.4 Å². The van der Waals surface area contributed by atoms with Gasteiger partial charge in [0.25, 0.3) is 11.8 Å². The molecule has 4 aromatic carbocycles. The fraction of sp³-hybridized carbons (Fsp3) is 0.121. The molecule has 1 unspecified atom stereocenters. The first kappa shape index (κ1) is 29.3. The molecule has 3 amide bonds. The second-order valence-electron chi connectivity index (χ2n) is 9.45. The van der Waals surface area contributed by atoms with Gasteiger partial charge in [-0.2, -0.15) is 0 Å². The van der Waals surface area contributed by atoms with Crippen molar-refractivity contribution in [2.24, 2.45) is 0 Å². The number of amides is 3. The summed E-state index contributed by atoms with van der Waals surface area (Å²) < 4.78 is 16.0. The van der Waals surface area contributed by atoms with Gasteiger partial charge in [-0.25, -0.2) is 0 Å². The van der Waals surface area contributed by atoms with Crippen LogP contribution < -0.4 is 30.2 Å². The molecule has 3 N–H and O–H groups in total. The van der Waals surface area contributed by atoms with Crippen molar-refractivity contribution in [2.75, 3.05) is 24.5 Å². The Morgan fingerprint density at radius 2 is 1.58 bits per heavy atom. The number of fused-ring (bicyclic) bond motifs is 1. The van der Waals surface area contributed by atoms with Crippen LogP contribution in [-0.4, -0.2) is 36.9 Å². The van der Waals surface area contributed by atoms with Gasteiger partial charge >= 0.3 is 0 Å². The van der Waals surface area contributed by atoms with Crippen LogP contribution in [0.3, 0.4) is 0 Å². The number of nitrogens with one attached hydrogen (secondary N) is 3. The van der Waals surface area contributed by atoms with Crippen molar-refractivity contribution in [3.63, 3.8) is 0 Å². The van der Waals surface area contributed by atoms with E-state index in [0.717, 1.165) is 4.90 Å². The molecule has 0 spiro atoms. The highest BCUT2D eigenvalue weighted by atomic mass is 32.2. The van der Waals surface area contributed by atoms with Crippen molar-refractivity contribution in [1.29, 1.82) is 0 Å². The van der Waals surface area contributed by atoms with Crippen molar-refractivity contribution < 1.29 is 28.6 Å². The standard InChI is InChI=1S/C33H29N3O6S/c1-21(31(37)35-25-13-16-29-30(19-25)42-20-41-29)43-27-14-11-24(12-15-27)34-33(39)28(18-22-7-6-10-26(17-22)40-2)36-32(38)23-8-4-3-5-9-23/h3-19,21H,20H2,1-2H3,(H,34,39)(H,35,37)(H,36,38)/b28-18-. The summed E-state index contributed by atoms with van der Waals surface area (Å²) in [4.78, 5) is 39.8. The molecule has 0 saturated carbocycles. The zero-order valence-electron chi connectivity index (χ0n) is 23.5. The predicted molar refractivity (Wildman–Crippen MR) is 166 cm³/mol. The number of methoxy groups -OCH3 is 1. The quantitative estimate of drug-likeness (QED) is 0.153. The number of benzene rings is 4. The summed E-state index contributed by atoms with van der Waals surface area (Å²) in [5.74, 6) is 0.789. The number of anilines is 2. The number of hydrogen-bond donors (Lipinski definition) is 3. The lowest BCUT2D eigenvalue weighted by Crippen LogP contribution is -2.30. The van der Waals surface area contributed by atoms with Gasteiger partial charge in [-0.15, -0.1) is 11.8 Å². The fourth-order valence-electron chi connectivity index (χ4n) is 4.13. The van der Waals surface area contributed by atoms with E-state index in [1.807, 2.05) is 25.1 Å². The average Bonchev–Trinajstić information content (AvgIpc) is 3.50. The van der Waals surface area contributed by atoms with E-state index in [1.165, 1.54) is 11.8 Å². The highest BCUT2D eigenvalue weighted by Gasteiger charge is 2.19. The molecule has 1 aliphatic heterocycles. The van der Waals surface area contributed by atoms with Crippen LogP contribution in [0, 0.1) is 0 Å². The minimum absolute atomic E-state index is 0.0642. The molecular weight excluding hydrogens is 566 g/mol. The topological polar surface area (TPSA) is 115 Å². The van der Waals surface area contributed by atoms with Gasteiger partial charge in [0.05, 0.1) is 12.4 Å². The van der Waals surface area contributed by atoms with E-state index >= 15 is 0 Å². The molecule has 4 aromatic rings. The van der Waals surface area contributed by atoms with Gasteiger partial charge in [0.2, 0.25) is 12.7 Å². The number of carbonyl (C=O) groups excluding carboxylic acids is 3. The first-order valence-corrected chi connectivity index (χ1v) is 14.3. The van der Waals surface area contributed by atoms with Gasteiger partial charge < -0.3 is 30.2 Å². The molecule has 9 nitrogen and oxygen atoms in total. The molecule has 43 heavy (non-hydrogen) atoms. The molecular formula is C33H29N3O6S. The lowest BCUT2D eigenvalue weighted by Gasteiger charge is -2.14. The Balaban J connectivity index is 1.24. The number of ether oxygens (including phenoxy) is 3. The third kappa shape index (κ3) is 7.75. The molecule has 1 aliphatic rings. The van der Waals surface area contributed by atoms with Crippen LogP contribution in [0.1, 0.15) is 22.8 Å². The first-order valence-electron chi connectivity index (χ1n) is 13.4. The Morgan fingerprint density at radius 1 is 0.837 bits per heavy atom. The van der Waals surface area contributed by atoms with Crippen molar-refractivity contribution in [3.8, 4) is 17.2 Å². The van der Waals surface area contributed by atoms with Crippen LogP contribution in [-0.2, 0) is 9.59 Å². The molecule has 0 saturated heterocycles. The van der Waals surface area contributed by atoms with Crippen molar-refractivity contribution in [1.82, 2.24) is 5.32 Å². The number of thioether (sulfide) groups is 1. The summed E-state index contributed by atoms with van der Waals surface area (Å²) in [6.45, 7) is 1.98. The summed E-state index contributed by atoms with van der Waals surface area (Å²) >= 11 is 1.38. The van der Waals surface area contributed by atoms with Gasteiger partial charge in [-0.05, 0) is 79.2 Å². The molecule has 0 radical (unpaired) electrons. The Morgan fingerprint density at radius 3 is 2.35 bits per heavy atom. The van der Waals surface area contributed by atoms with Crippen LogP contribution in [0.4, 0.5) is 11.4 Å². The molecule has 0 aliphatic carbocycles. The maximum atomic E-state index is 13.3. The Kier molecular flexibility index (Phi) is 9.28. The maximum Gasteiger partial charge on any atom is 0.272 e. The lowest BCUT2D eigenvalue weighted by molar-refractivity contribution is -0.115. The summed E-state index contributed by atoms with van der Waals surface area (Å²) in [7, 11) is 1.56. The summed E-state index contributed by atoms with van der Waals surface area (Å²) in [5, 5.41) is 8.07.